The van der Waals surface area contributed by atoms with Gasteiger partial charge in [-0.2, -0.15) is 5.26 Å². The van der Waals surface area contributed by atoms with Crippen molar-refractivity contribution in [2.24, 2.45) is 0 Å². The number of nitriles is 1. The molecule has 2 N–H and O–H groups in total. The monoisotopic (exact) mass is 583 g/mol. The molecular weight excluding hydrogens is 537 g/mol. The lowest BCUT2D eigenvalue weighted by Gasteiger charge is -2.57. The number of fused-ring (bicyclic) bond motifs is 4. The van der Waals surface area contributed by atoms with Gasteiger partial charge >= 0.3 is 0 Å². The largest absolute Gasteiger partial charge is 0.398 e. The number of nitrogens with two attached hydrogens (primary N) is 1. The molecule has 2 aromatic rings. The molecule has 6 nitrogen and oxygen atoms in total. The maximum Gasteiger partial charge on any atom is 0.115 e. The third-order valence-corrected chi connectivity index (χ3v) is 12.6. The SMILES string of the molecule is CC1CCC2(Cc3nc(CCC45CCCN4CC(F)C5)cc(N4CCC45CCCCC5)c3CO2)c2c1ccc(N)c2C#N. The van der Waals surface area contributed by atoms with Crippen LogP contribution in [0, 0.1) is 11.3 Å². The van der Waals surface area contributed by atoms with Gasteiger partial charge in [-0.15, -0.1) is 0 Å². The van der Waals surface area contributed by atoms with Crippen LogP contribution >= 0.6 is 0 Å². The Morgan fingerprint density at radius 1 is 1.12 bits per heavy atom. The van der Waals surface area contributed by atoms with Crippen molar-refractivity contribution in [2.75, 3.05) is 30.3 Å². The van der Waals surface area contributed by atoms with E-state index in [0.29, 0.717) is 43.2 Å². The van der Waals surface area contributed by atoms with E-state index in [1.807, 2.05) is 6.07 Å². The maximum absolute atomic E-state index is 14.6. The van der Waals surface area contributed by atoms with Crippen molar-refractivity contribution in [2.45, 2.75) is 132 Å². The summed E-state index contributed by atoms with van der Waals surface area (Å²) in [5.41, 5.74) is 14.3. The maximum atomic E-state index is 14.6. The van der Waals surface area contributed by atoms with Crippen LogP contribution in [0.5, 0.6) is 0 Å². The molecule has 1 saturated carbocycles. The van der Waals surface area contributed by atoms with Gasteiger partial charge in [0.05, 0.1) is 17.9 Å². The molecule has 0 amide bonds. The molecule has 3 saturated heterocycles. The van der Waals surface area contributed by atoms with Crippen molar-refractivity contribution in [1.29, 1.82) is 5.26 Å². The number of alkyl halides is 1. The van der Waals surface area contributed by atoms with E-state index < -0.39 is 11.8 Å². The summed E-state index contributed by atoms with van der Waals surface area (Å²) >= 11 is 0. The van der Waals surface area contributed by atoms with Crippen LogP contribution in [-0.2, 0) is 29.8 Å². The minimum Gasteiger partial charge on any atom is -0.398 e. The van der Waals surface area contributed by atoms with E-state index >= 15 is 0 Å². The highest BCUT2D eigenvalue weighted by molar-refractivity contribution is 5.65. The Labute approximate surface area is 255 Å². The van der Waals surface area contributed by atoms with Crippen molar-refractivity contribution < 1.29 is 9.13 Å². The molecule has 1 aromatic heterocycles. The van der Waals surface area contributed by atoms with E-state index in [1.54, 1.807) is 0 Å². The van der Waals surface area contributed by atoms with Gasteiger partial charge in [0.2, 0.25) is 0 Å². The number of nitrogen functional groups attached to an aromatic ring is 1. The number of pyridine rings is 1. The lowest BCUT2D eigenvalue weighted by Crippen LogP contribution is -2.61. The number of benzene rings is 1. The molecule has 43 heavy (non-hydrogen) atoms. The Morgan fingerprint density at radius 2 is 1.98 bits per heavy atom. The molecule has 0 radical (unpaired) electrons. The summed E-state index contributed by atoms with van der Waals surface area (Å²) in [7, 11) is 0. The van der Waals surface area contributed by atoms with Gasteiger partial charge in [0, 0.05) is 58.8 Å². The second kappa shape index (κ2) is 10.2. The van der Waals surface area contributed by atoms with Gasteiger partial charge in [-0.1, -0.05) is 32.3 Å². The third-order valence-electron chi connectivity index (χ3n) is 12.6. The molecule has 4 unspecified atom stereocenters. The number of anilines is 2. The van der Waals surface area contributed by atoms with Crippen molar-refractivity contribution >= 4 is 11.4 Å². The topological polar surface area (TPSA) is 78.4 Å². The number of hydrogen-bond donors (Lipinski definition) is 1. The minimum absolute atomic E-state index is 0.000513. The van der Waals surface area contributed by atoms with Crippen LogP contribution in [0.15, 0.2) is 18.2 Å². The van der Waals surface area contributed by atoms with Gasteiger partial charge in [-0.05, 0) is 94.4 Å². The van der Waals surface area contributed by atoms with Crippen LogP contribution in [0.2, 0.25) is 0 Å². The second-order valence-electron chi connectivity index (χ2n) is 14.8. The Kier molecular flexibility index (Phi) is 6.58. The summed E-state index contributed by atoms with van der Waals surface area (Å²) in [4.78, 5) is 10.6. The van der Waals surface area contributed by atoms with Crippen molar-refractivity contribution in [3.05, 3.63) is 51.8 Å². The summed E-state index contributed by atoms with van der Waals surface area (Å²) in [6.07, 6.45) is 14.4. The number of halogens is 1. The summed E-state index contributed by atoms with van der Waals surface area (Å²) in [5.74, 6) is 0.361. The predicted molar refractivity (Wildman–Crippen MR) is 167 cm³/mol. The molecule has 1 aromatic carbocycles. The fraction of sp³-hybridized carbons (Fsp3) is 0.667. The van der Waals surface area contributed by atoms with Gasteiger partial charge in [0.1, 0.15) is 17.8 Å². The van der Waals surface area contributed by atoms with Gasteiger partial charge in [0.15, 0.2) is 0 Å². The Hall–Kier alpha value is -2.69. The van der Waals surface area contributed by atoms with Crippen molar-refractivity contribution in [3.8, 4) is 6.07 Å². The molecule has 8 rings (SSSR count). The smallest absolute Gasteiger partial charge is 0.115 e. The van der Waals surface area contributed by atoms with Gasteiger partial charge < -0.3 is 15.4 Å². The van der Waals surface area contributed by atoms with Gasteiger partial charge in [0.25, 0.3) is 0 Å². The standard InChI is InChI=1S/C36H46FN5O/c1-24-8-14-36(33-27(24)6-7-30(39)28(33)21-38)20-31-29(23-43-36)32(42-17-15-34(42)10-3-2-4-11-34)18-26(40-31)9-13-35-12-5-16-41(35)22-25(37)19-35/h6-7,18,24-25H,2-5,8-17,19-20,22-23,39H2,1H3. The number of rotatable bonds is 4. The van der Waals surface area contributed by atoms with E-state index in [0.717, 1.165) is 62.1 Å². The first-order valence-corrected chi connectivity index (χ1v) is 17.0. The van der Waals surface area contributed by atoms with Crippen LogP contribution in [0.25, 0.3) is 0 Å². The fourth-order valence-electron chi connectivity index (χ4n) is 10.2. The average Bonchev–Trinajstić information content (AvgIpc) is 3.53. The Bertz CT molecular complexity index is 1480. The predicted octanol–water partition coefficient (Wildman–Crippen LogP) is 6.82. The van der Waals surface area contributed by atoms with Crippen LogP contribution in [0.4, 0.5) is 15.8 Å². The minimum atomic E-state index is -0.702. The Balaban J connectivity index is 1.19. The molecule has 228 valence electrons. The molecule has 0 bridgehead atoms. The highest BCUT2D eigenvalue weighted by Crippen LogP contribution is 2.53. The quantitative estimate of drug-likeness (QED) is 0.398. The van der Waals surface area contributed by atoms with E-state index in [2.05, 4.69) is 34.9 Å². The van der Waals surface area contributed by atoms with Crippen molar-refractivity contribution in [3.63, 3.8) is 0 Å². The summed E-state index contributed by atoms with van der Waals surface area (Å²) in [6, 6.07) is 8.83. The molecule has 2 aliphatic carbocycles. The summed E-state index contributed by atoms with van der Waals surface area (Å²) in [5, 5.41) is 10.2. The lowest BCUT2D eigenvalue weighted by atomic mass is 9.69. The number of aryl methyl sites for hydroxylation is 1. The summed E-state index contributed by atoms with van der Waals surface area (Å²) in [6.45, 7) is 5.48. The van der Waals surface area contributed by atoms with E-state index in [9.17, 15) is 9.65 Å². The molecule has 4 aliphatic heterocycles. The molecule has 2 spiro atoms. The second-order valence-corrected chi connectivity index (χ2v) is 14.8. The normalized spacial score (nSPS) is 32.7. The van der Waals surface area contributed by atoms with Crippen LogP contribution < -0.4 is 10.6 Å². The first kappa shape index (κ1) is 27.8. The number of hydrogen-bond acceptors (Lipinski definition) is 6. The molecule has 6 aliphatic rings. The lowest BCUT2D eigenvalue weighted by molar-refractivity contribution is -0.0872. The molecular formula is C36H46FN5O. The van der Waals surface area contributed by atoms with E-state index in [-0.39, 0.29) is 11.1 Å². The van der Waals surface area contributed by atoms with Crippen LogP contribution in [0.3, 0.4) is 0 Å². The first-order chi connectivity index (χ1) is 20.9. The fourth-order valence-corrected chi connectivity index (χ4v) is 10.2. The molecule has 4 fully saturated rings. The molecule has 4 atom stereocenters. The van der Waals surface area contributed by atoms with Gasteiger partial charge in [-0.25, -0.2) is 4.39 Å². The average molecular weight is 584 g/mol. The number of aromatic nitrogens is 1. The number of ether oxygens (including phenoxy) is 1. The van der Waals surface area contributed by atoms with Crippen LogP contribution in [-0.4, -0.2) is 46.8 Å². The molecule has 5 heterocycles. The van der Waals surface area contributed by atoms with Crippen molar-refractivity contribution in [1.82, 2.24) is 9.88 Å². The highest BCUT2D eigenvalue weighted by Gasteiger charge is 2.50. The molecule has 7 heteroatoms. The zero-order valence-electron chi connectivity index (χ0n) is 25.8. The zero-order chi connectivity index (χ0) is 29.4. The zero-order valence-corrected chi connectivity index (χ0v) is 25.8. The van der Waals surface area contributed by atoms with E-state index in [1.165, 1.54) is 61.8 Å². The van der Waals surface area contributed by atoms with Gasteiger partial charge in [-0.3, -0.25) is 9.88 Å². The van der Waals surface area contributed by atoms with Crippen LogP contribution in [0.1, 0.15) is 124 Å². The van der Waals surface area contributed by atoms with E-state index in [4.69, 9.17) is 15.5 Å². The first-order valence-electron chi connectivity index (χ1n) is 17.0. The summed E-state index contributed by atoms with van der Waals surface area (Å²) < 4.78 is 21.6. The Morgan fingerprint density at radius 3 is 2.77 bits per heavy atom. The highest BCUT2D eigenvalue weighted by atomic mass is 19.1. The third kappa shape index (κ3) is 4.26. The number of nitrogens with zero attached hydrogens (tertiary/aromatic N) is 4.